The van der Waals surface area contributed by atoms with Crippen molar-refractivity contribution in [3.8, 4) is 17.2 Å². The predicted molar refractivity (Wildman–Crippen MR) is 89.2 cm³/mol. The van der Waals surface area contributed by atoms with E-state index in [0.717, 1.165) is 5.39 Å². The molecule has 22 heavy (non-hydrogen) atoms. The summed E-state index contributed by atoms with van der Waals surface area (Å²) < 4.78 is 11.1. The number of rotatable bonds is 3. The number of anilines is 1. The van der Waals surface area contributed by atoms with Gasteiger partial charge in [-0.25, -0.2) is 0 Å². The van der Waals surface area contributed by atoms with E-state index in [1.54, 1.807) is 43.6 Å². The van der Waals surface area contributed by atoms with Crippen LogP contribution in [0.4, 0.5) is 5.69 Å². The number of methoxy groups -OCH3 is 1. The molecule has 0 spiro atoms. The SMILES string of the molecule is COc1cc(N)c2nccc(Oc3ccc(Cl)c(Cl)c3)c2c1. The monoisotopic (exact) mass is 334 g/mol. The van der Waals surface area contributed by atoms with Gasteiger partial charge in [0.2, 0.25) is 0 Å². The Morgan fingerprint density at radius 2 is 1.82 bits per heavy atom. The Bertz CT molecular complexity index is 853. The molecule has 4 nitrogen and oxygen atoms in total. The van der Waals surface area contributed by atoms with Gasteiger partial charge in [0.25, 0.3) is 0 Å². The summed E-state index contributed by atoms with van der Waals surface area (Å²) in [4.78, 5) is 4.28. The minimum atomic E-state index is 0.426. The summed E-state index contributed by atoms with van der Waals surface area (Å²) in [7, 11) is 1.58. The van der Waals surface area contributed by atoms with E-state index in [9.17, 15) is 0 Å². The molecule has 0 aliphatic heterocycles. The zero-order valence-corrected chi connectivity index (χ0v) is 13.2. The number of nitrogens with zero attached hydrogens (tertiary/aromatic N) is 1. The van der Waals surface area contributed by atoms with E-state index < -0.39 is 0 Å². The first-order valence-corrected chi connectivity index (χ1v) is 7.19. The molecule has 0 unspecified atom stereocenters. The molecule has 0 bridgehead atoms. The maximum Gasteiger partial charge on any atom is 0.138 e. The molecule has 3 rings (SSSR count). The van der Waals surface area contributed by atoms with Gasteiger partial charge in [0, 0.05) is 23.7 Å². The van der Waals surface area contributed by atoms with E-state index >= 15 is 0 Å². The van der Waals surface area contributed by atoms with Crippen LogP contribution in [0.5, 0.6) is 17.2 Å². The van der Waals surface area contributed by atoms with Crippen molar-refractivity contribution in [1.29, 1.82) is 0 Å². The second-order valence-corrected chi connectivity index (χ2v) is 5.41. The topological polar surface area (TPSA) is 57.4 Å². The Morgan fingerprint density at radius 3 is 2.55 bits per heavy atom. The number of pyridine rings is 1. The van der Waals surface area contributed by atoms with Crippen molar-refractivity contribution in [3.05, 3.63) is 52.6 Å². The Kier molecular flexibility index (Phi) is 3.96. The van der Waals surface area contributed by atoms with Crippen molar-refractivity contribution < 1.29 is 9.47 Å². The van der Waals surface area contributed by atoms with Crippen LogP contribution < -0.4 is 15.2 Å². The van der Waals surface area contributed by atoms with Crippen molar-refractivity contribution in [2.24, 2.45) is 0 Å². The van der Waals surface area contributed by atoms with Gasteiger partial charge in [0.1, 0.15) is 17.2 Å². The highest BCUT2D eigenvalue weighted by atomic mass is 35.5. The Labute approximate surface area is 137 Å². The number of hydrogen-bond acceptors (Lipinski definition) is 4. The Morgan fingerprint density at radius 1 is 1.00 bits per heavy atom. The van der Waals surface area contributed by atoms with E-state index in [4.69, 9.17) is 38.4 Å². The van der Waals surface area contributed by atoms with Crippen molar-refractivity contribution in [3.63, 3.8) is 0 Å². The molecule has 0 aliphatic carbocycles. The van der Waals surface area contributed by atoms with Gasteiger partial charge in [0.05, 0.1) is 28.4 Å². The summed E-state index contributed by atoms with van der Waals surface area (Å²) in [6, 6.07) is 10.4. The van der Waals surface area contributed by atoms with Crippen molar-refractivity contribution in [2.45, 2.75) is 0 Å². The molecule has 0 amide bonds. The van der Waals surface area contributed by atoms with Gasteiger partial charge in [-0.3, -0.25) is 4.98 Å². The van der Waals surface area contributed by atoms with Gasteiger partial charge in [-0.2, -0.15) is 0 Å². The first-order chi connectivity index (χ1) is 10.6. The maximum absolute atomic E-state index is 6.01. The zero-order valence-electron chi connectivity index (χ0n) is 11.6. The number of benzene rings is 2. The number of ether oxygens (including phenoxy) is 2. The highest BCUT2D eigenvalue weighted by molar-refractivity contribution is 6.42. The molecule has 2 aromatic carbocycles. The average molecular weight is 335 g/mol. The van der Waals surface area contributed by atoms with Crippen LogP contribution in [0.3, 0.4) is 0 Å². The van der Waals surface area contributed by atoms with E-state index in [0.29, 0.717) is 38.5 Å². The van der Waals surface area contributed by atoms with E-state index in [2.05, 4.69) is 4.98 Å². The average Bonchev–Trinajstić information content (AvgIpc) is 2.51. The molecule has 112 valence electrons. The maximum atomic E-state index is 6.01. The van der Waals surface area contributed by atoms with Crippen LogP contribution in [0.1, 0.15) is 0 Å². The molecular formula is C16H12Cl2N2O2. The predicted octanol–water partition coefficient (Wildman–Crippen LogP) is 4.92. The Hall–Kier alpha value is -2.17. The molecule has 6 heteroatoms. The lowest BCUT2D eigenvalue weighted by Crippen LogP contribution is -1.94. The van der Waals surface area contributed by atoms with Gasteiger partial charge < -0.3 is 15.2 Å². The number of fused-ring (bicyclic) bond motifs is 1. The van der Waals surface area contributed by atoms with Crippen LogP contribution in [0.15, 0.2) is 42.6 Å². The quantitative estimate of drug-likeness (QED) is 0.690. The molecule has 0 radical (unpaired) electrons. The molecule has 0 atom stereocenters. The summed E-state index contributed by atoms with van der Waals surface area (Å²) in [6.07, 6.45) is 1.64. The lowest BCUT2D eigenvalue weighted by molar-refractivity contribution is 0.415. The summed E-state index contributed by atoms with van der Waals surface area (Å²) in [5.41, 5.74) is 7.18. The molecule has 1 heterocycles. The molecule has 0 saturated carbocycles. The largest absolute Gasteiger partial charge is 0.497 e. The molecule has 2 N–H and O–H groups in total. The molecule has 1 aromatic heterocycles. The van der Waals surface area contributed by atoms with Crippen molar-refractivity contribution >= 4 is 39.8 Å². The first-order valence-electron chi connectivity index (χ1n) is 6.43. The van der Waals surface area contributed by atoms with Gasteiger partial charge >= 0.3 is 0 Å². The Balaban J connectivity index is 2.10. The van der Waals surface area contributed by atoms with Crippen LogP contribution in [-0.4, -0.2) is 12.1 Å². The van der Waals surface area contributed by atoms with Gasteiger partial charge in [-0.05, 0) is 24.3 Å². The summed E-state index contributed by atoms with van der Waals surface area (Å²) in [5, 5.41) is 1.65. The molecule has 0 aliphatic rings. The van der Waals surface area contributed by atoms with E-state index in [-0.39, 0.29) is 0 Å². The number of halogens is 2. The molecule has 0 saturated heterocycles. The number of nitrogen functional groups attached to an aromatic ring is 1. The standard InChI is InChI=1S/C16H12Cl2N2O2/c1-21-10-6-11-15(4-5-20-16(11)14(19)8-10)22-9-2-3-12(17)13(18)7-9/h2-8H,19H2,1H3. The third-order valence-corrected chi connectivity index (χ3v) is 3.90. The molecule has 0 fully saturated rings. The van der Waals surface area contributed by atoms with E-state index in [1.165, 1.54) is 0 Å². The fraction of sp³-hybridized carbons (Fsp3) is 0.0625. The normalized spacial score (nSPS) is 10.7. The highest BCUT2D eigenvalue weighted by Crippen LogP contribution is 2.35. The van der Waals surface area contributed by atoms with Crippen LogP contribution in [-0.2, 0) is 0 Å². The molecular weight excluding hydrogens is 323 g/mol. The summed E-state index contributed by atoms with van der Waals surface area (Å²) in [6.45, 7) is 0. The summed E-state index contributed by atoms with van der Waals surface area (Å²) in [5.74, 6) is 1.81. The fourth-order valence-electron chi connectivity index (χ4n) is 2.10. The highest BCUT2D eigenvalue weighted by Gasteiger charge is 2.10. The van der Waals surface area contributed by atoms with Crippen molar-refractivity contribution in [1.82, 2.24) is 4.98 Å². The van der Waals surface area contributed by atoms with Crippen LogP contribution in [0.25, 0.3) is 10.9 Å². The van der Waals surface area contributed by atoms with Crippen molar-refractivity contribution in [2.75, 3.05) is 12.8 Å². The number of nitrogens with two attached hydrogens (primary N) is 1. The number of aromatic nitrogens is 1. The first kappa shape index (κ1) is 14.8. The lowest BCUT2D eigenvalue weighted by Gasteiger charge is -2.11. The summed E-state index contributed by atoms with van der Waals surface area (Å²) >= 11 is 11.9. The third kappa shape index (κ3) is 2.75. The van der Waals surface area contributed by atoms with Crippen LogP contribution in [0, 0.1) is 0 Å². The minimum absolute atomic E-state index is 0.426. The molecule has 3 aromatic rings. The second kappa shape index (κ2) is 5.91. The lowest BCUT2D eigenvalue weighted by atomic mass is 10.1. The van der Waals surface area contributed by atoms with Crippen LogP contribution >= 0.6 is 23.2 Å². The second-order valence-electron chi connectivity index (χ2n) is 4.60. The minimum Gasteiger partial charge on any atom is -0.497 e. The van der Waals surface area contributed by atoms with Gasteiger partial charge in [0.15, 0.2) is 0 Å². The third-order valence-electron chi connectivity index (χ3n) is 3.16. The van der Waals surface area contributed by atoms with E-state index in [1.807, 2.05) is 6.07 Å². The van der Waals surface area contributed by atoms with Crippen LogP contribution in [0.2, 0.25) is 10.0 Å². The van der Waals surface area contributed by atoms with Gasteiger partial charge in [-0.15, -0.1) is 0 Å². The zero-order chi connectivity index (χ0) is 15.7. The van der Waals surface area contributed by atoms with Gasteiger partial charge in [-0.1, -0.05) is 23.2 Å². The number of hydrogen-bond donors (Lipinski definition) is 1. The fourth-order valence-corrected chi connectivity index (χ4v) is 2.39. The smallest absolute Gasteiger partial charge is 0.138 e.